The van der Waals surface area contributed by atoms with Crippen LogP contribution in [0.3, 0.4) is 0 Å². The number of benzene rings is 1. The normalized spacial score (nSPS) is 17.4. The van der Waals surface area contributed by atoms with E-state index in [-0.39, 0.29) is 0 Å². The molecule has 16 heavy (non-hydrogen) atoms. The molecule has 2 rings (SSSR count). The number of halogens is 1. The van der Waals surface area contributed by atoms with Crippen LogP contribution in [0.25, 0.3) is 0 Å². The molecule has 2 nitrogen and oxygen atoms in total. The molecule has 1 aliphatic rings. The lowest BCUT2D eigenvalue weighted by atomic mass is 10.0. The third kappa shape index (κ3) is 2.77. The summed E-state index contributed by atoms with van der Waals surface area (Å²) in [5.41, 5.74) is 3.89. The smallest absolute Gasteiger partial charge is 0.0516 e. The van der Waals surface area contributed by atoms with Crippen LogP contribution in [0.2, 0.25) is 0 Å². The van der Waals surface area contributed by atoms with Crippen LogP contribution >= 0.6 is 15.9 Å². The van der Waals surface area contributed by atoms with Crippen molar-refractivity contribution in [2.75, 3.05) is 18.4 Å². The second-order valence-corrected chi connectivity index (χ2v) is 5.46. The fourth-order valence-electron chi connectivity index (χ4n) is 2.27. The van der Waals surface area contributed by atoms with Crippen molar-refractivity contribution in [1.29, 1.82) is 0 Å². The van der Waals surface area contributed by atoms with Crippen LogP contribution in [0.4, 0.5) is 5.69 Å². The van der Waals surface area contributed by atoms with Gasteiger partial charge >= 0.3 is 0 Å². The summed E-state index contributed by atoms with van der Waals surface area (Å²) in [5.74, 6) is 0. The Hall–Kier alpha value is -0.540. The van der Waals surface area contributed by atoms with E-state index in [1.807, 2.05) is 0 Å². The van der Waals surface area contributed by atoms with Gasteiger partial charge in [-0.2, -0.15) is 0 Å². The van der Waals surface area contributed by atoms with E-state index in [0.717, 1.165) is 13.1 Å². The van der Waals surface area contributed by atoms with Gasteiger partial charge in [0, 0.05) is 10.5 Å². The minimum atomic E-state index is 0.610. The van der Waals surface area contributed by atoms with Gasteiger partial charge in [-0.05, 0) is 72.9 Å². The minimum Gasteiger partial charge on any atom is -0.381 e. The average Bonchev–Trinajstić information content (AvgIpc) is 2.25. The van der Waals surface area contributed by atoms with Gasteiger partial charge in [-0.25, -0.2) is 0 Å². The van der Waals surface area contributed by atoms with Gasteiger partial charge in [0.25, 0.3) is 0 Å². The zero-order valence-corrected chi connectivity index (χ0v) is 11.5. The van der Waals surface area contributed by atoms with E-state index in [1.165, 1.54) is 34.1 Å². The van der Waals surface area contributed by atoms with Crippen molar-refractivity contribution < 1.29 is 0 Å². The maximum atomic E-state index is 3.66. The van der Waals surface area contributed by atoms with Crippen LogP contribution in [-0.2, 0) is 0 Å². The van der Waals surface area contributed by atoms with Crippen LogP contribution in [0, 0.1) is 13.8 Å². The molecule has 0 amide bonds. The van der Waals surface area contributed by atoms with Crippen molar-refractivity contribution >= 4 is 21.6 Å². The molecule has 0 spiro atoms. The standard InChI is InChI=1S/C13H19BrN2/c1-9-7-10(2)13(12(14)8-9)16-11-3-5-15-6-4-11/h7-8,11,15-16H,3-6H2,1-2H3. The van der Waals surface area contributed by atoms with Crippen molar-refractivity contribution in [3.8, 4) is 0 Å². The fraction of sp³-hybridized carbons (Fsp3) is 0.538. The molecular formula is C13H19BrN2. The van der Waals surface area contributed by atoms with Gasteiger partial charge in [-0.3, -0.25) is 0 Å². The summed E-state index contributed by atoms with van der Waals surface area (Å²) in [7, 11) is 0. The molecule has 1 aromatic rings. The molecule has 0 atom stereocenters. The zero-order valence-electron chi connectivity index (χ0n) is 9.94. The fourth-order valence-corrected chi connectivity index (χ4v) is 3.06. The van der Waals surface area contributed by atoms with Gasteiger partial charge in [0.05, 0.1) is 5.69 Å². The van der Waals surface area contributed by atoms with Crippen molar-refractivity contribution in [2.45, 2.75) is 32.7 Å². The summed E-state index contributed by atoms with van der Waals surface area (Å²) in [5, 5.41) is 7.04. The molecule has 1 saturated heterocycles. The maximum Gasteiger partial charge on any atom is 0.0516 e. The topological polar surface area (TPSA) is 24.1 Å². The number of anilines is 1. The predicted octanol–water partition coefficient (Wildman–Crippen LogP) is 3.23. The lowest BCUT2D eigenvalue weighted by Crippen LogP contribution is -2.35. The Balaban J connectivity index is 2.14. The molecule has 88 valence electrons. The van der Waals surface area contributed by atoms with E-state index in [9.17, 15) is 0 Å². The molecule has 0 aromatic heterocycles. The summed E-state index contributed by atoms with van der Waals surface area (Å²) in [6.45, 7) is 6.55. The van der Waals surface area contributed by atoms with E-state index in [4.69, 9.17) is 0 Å². The van der Waals surface area contributed by atoms with Crippen molar-refractivity contribution in [2.24, 2.45) is 0 Å². The van der Waals surface area contributed by atoms with Gasteiger partial charge in [-0.15, -0.1) is 0 Å². The third-order valence-corrected chi connectivity index (χ3v) is 3.74. The average molecular weight is 283 g/mol. The molecule has 3 heteroatoms. The van der Waals surface area contributed by atoms with E-state index in [1.54, 1.807) is 0 Å². The van der Waals surface area contributed by atoms with Crippen LogP contribution in [0.1, 0.15) is 24.0 Å². The van der Waals surface area contributed by atoms with E-state index in [0.29, 0.717) is 6.04 Å². The highest BCUT2D eigenvalue weighted by atomic mass is 79.9. The summed E-state index contributed by atoms with van der Waals surface area (Å²) in [6, 6.07) is 5.02. The Bertz CT molecular complexity index is 347. The molecule has 1 heterocycles. The Morgan fingerprint density at radius 2 is 1.94 bits per heavy atom. The van der Waals surface area contributed by atoms with Gasteiger partial charge in [0.1, 0.15) is 0 Å². The molecule has 0 bridgehead atoms. The molecule has 0 aliphatic carbocycles. The van der Waals surface area contributed by atoms with Crippen LogP contribution < -0.4 is 10.6 Å². The van der Waals surface area contributed by atoms with E-state index < -0.39 is 0 Å². The molecule has 1 aromatic carbocycles. The first-order valence-electron chi connectivity index (χ1n) is 5.91. The monoisotopic (exact) mass is 282 g/mol. The lowest BCUT2D eigenvalue weighted by Gasteiger charge is -2.26. The Kier molecular flexibility index (Phi) is 3.87. The zero-order chi connectivity index (χ0) is 11.5. The number of aryl methyl sites for hydroxylation is 2. The quantitative estimate of drug-likeness (QED) is 0.870. The highest BCUT2D eigenvalue weighted by molar-refractivity contribution is 9.10. The van der Waals surface area contributed by atoms with Crippen LogP contribution in [-0.4, -0.2) is 19.1 Å². The highest BCUT2D eigenvalue weighted by Gasteiger charge is 2.14. The number of piperidine rings is 1. The minimum absolute atomic E-state index is 0.610. The third-order valence-electron chi connectivity index (χ3n) is 3.12. The first kappa shape index (κ1) is 11.9. The maximum absolute atomic E-state index is 3.66. The number of rotatable bonds is 2. The van der Waals surface area contributed by atoms with Gasteiger partial charge < -0.3 is 10.6 Å². The first-order chi connectivity index (χ1) is 7.66. The van der Waals surface area contributed by atoms with Gasteiger partial charge in [-0.1, -0.05) is 6.07 Å². The molecule has 0 radical (unpaired) electrons. The Morgan fingerprint density at radius 3 is 2.56 bits per heavy atom. The Labute approximate surface area is 106 Å². The molecule has 0 saturated carbocycles. The van der Waals surface area contributed by atoms with Crippen LogP contribution in [0.5, 0.6) is 0 Å². The van der Waals surface area contributed by atoms with Crippen molar-refractivity contribution in [1.82, 2.24) is 5.32 Å². The summed E-state index contributed by atoms with van der Waals surface area (Å²) >= 11 is 3.65. The number of hydrogen-bond donors (Lipinski definition) is 2. The second-order valence-electron chi connectivity index (χ2n) is 4.61. The number of nitrogens with one attached hydrogen (secondary N) is 2. The Morgan fingerprint density at radius 1 is 1.25 bits per heavy atom. The molecule has 1 aliphatic heterocycles. The van der Waals surface area contributed by atoms with Gasteiger partial charge in [0.15, 0.2) is 0 Å². The first-order valence-corrected chi connectivity index (χ1v) is 6.70. The largest absolute Gasteiger partial charge is 0.381 e. The highest BCUT2D eigenvalue weighted by Crippen LogP contribution is 2.29. The lowest BCUT2D eigenvalue weighted by molar-refractivity contribution is 0.479. The van der Waals surface area contributed by atoms with Crippen molar-refractivity contribution in [3.05, 3.63) is 27.7 Å². The van der Waals surface area contributed by atoms with Crippen molar-refractivity contribution in [3.63, 3.8) is 0 Å². The summed E-state index contributed by atoms with van der Waals surface area (Å²) < 4.78 is 1.18. The predicted molar refractivity (Wildman–Crippen MR) is 73.1 cm³/mol. The molecule has 0 unspecified atom stereocenters. The van der Waals surface area contributed by atoms with Crippen LogP contribution in [0.15, 0.2) is 16.6 Å². The molecule has 1 fully saturated rings. The summed E-state index contributed by atoms with van der Waals surface area (Å²) in [4.78, 5) is 0. The molecular weight excluding hydrogens is 264 g/mol. The summed E-state index contributed by atoms with van der Waals surface area (Å²) in [6.07, 6.45) is 2.42. The number of hydrogen-bond acceptors (Lipinski definition) is 2. The molecule has 2 N–H and O–H groups in total. The van der Waals surface area contributed by atoms with E-state index >= 15 is 0 Å². The van der Waals surface area contributed by atoms with Gasteiger partial charge in [0.2, 0.25) is 0 Å². The van der Waals surface area contributed by atoms with E-state index in [2.05, 4.69) is 52.5 Å². The second kappa shape index (κ2) is 5.19. The SMILES string of the molecule is Cc1cc(C)c(NC2CCNCC2)c(Br)c1.